The summed E-state index contributed by atoms with van der Waals surface area (Å²) in [7, 11) is 2.58. The van der Waals surface area contributed by atoms with Gasteiger partial charge in [-0.15, -0.1) is 0 Å². The lowest BCUT2D eigenvalue weighted by atomic mass is 9.90. The van der Waals surface area contributed by atoms with E-state index in [1.165, 1.54) is 14.2 Å². The summed E-state index contributed by atoms with van der Waals surface area (Å²) in [5, 5.41) is 6.49. The lowest BCUT2D eigenvalue weighted by Crippen LogP contribution is -2.51. The number of likely N-dealkylation sites (tertiary alicyclic amines) is 2. The number of ether oxygens (including phenoxy) is 3. The van der Waals surface area contributed by atoms with Crippen LogP contribution in [0.25, 0.3) is 44.7 Å². The standard InChI is InChI=1S/C46H57N9O7/c1-23(2)37(52-45(58)60-7)43(56)54-17-9-11-33(54)41-47-21-31(50-41)26-14-16-30-29(19-26)36-39(49-30)28-15-13-27(20-35(28)62-40(36)25(5)6)32-22-48-42(51-32)34-12-10-18-55(34)44(57)38(24(3)4)53-46(59)61-8/h13-16,19-25,33-34,37-38,40,49H,9-12,17-18H2,1-8H3,(H,47,50)(H,48,51)(H,52,58)(H,53,59)/t33-,34-,37?,38?,40?/m0/s1. The molecule has 328 valence electrons. The van der Waals surface area contributed by atoms with Crippen LogP contribution in [-0.2, 0) is 19.1 Å². The van der Waals surface area contributed by atoms with Crippen LogP contribution < -0.4 is 15.4 Å². The number of H-pyrrole nitrogens is 3. The van der Waals surface area contributed by atoms with E-state index in [2.05, 4.69) is 69.8 Å². The van der Waals surface area contributed by atoms with Crippen LogP contribution in [0.4, 0.5) is 9.59 Å². The fourth-order valence-corrected chi connectivity index (χ4v) is 9.24. The summed E-state index contributed by atoms with van der Waals surface area (Å²) < 4.78 is 16.5. The van der Waals surface area contributed by atoms with Crippen molar-refractivity contribution in [3.8, 4) is 39.5 Å². The normalized spacial score (nSPS) is 19.4. The fraction of sp³-hybridized carbons (Fsp3) is 0.478. The van der Waals surface area contributed by atoms with Crippen molar-refractivity contribution < 1.29 is 33.4 Å². The van der Waals surface area contributed by atoms with Gasteiger partial charge >= 0.3 is 12.2 Å². The highest BCUT2D eigenvalue weighted by molar-refractivity contribution is 5.96. The highest BCUT2D eigenvalue weighted by Crippen LogP contribution is 2.49. The van der Waals surface area contributed by atoms with Gasteiger partial charge in [0.1, 0.15) is 35.6 Å². The summed E-state index contributed by atoms with van der Waals surface area (Å²) in [6.45, 7) is 13.1. The highest BCUT2D eigenvalue weighted by Gasteiger charge is 2.39. The molecule has 2 aromatic carbocycles. The number of alkyl carbamates (subject to hydrolysis) is 2. The van der Waals surface area contributed by atoms with Gasteiger partial charge < -0.3 is 49.6 Å². The van der Waals surface area contributed by atoms with Crippen molar-refractivity contribution in [3.63, 3.8) is 0 Å². The van der Waals surface area contributed by atoms with Crippen molar-refractivity contribution in [2.45, 2.75) is 97.5 Å². The topological polar surface area (TPSA) is 200 Å². The minimum Gasteiger partial charge on any atom is -0.485 e. The molecule has 3 aromatic heterocycles. The Kier molecular flexibility index (Phi) is 11.8. The second kappa shape index (κ2) is 17.2. The molecule has 62 heavy (non-hydrogen) atoms. The maximum atomic E-state index is 13.7. The zero-order chi connectivity index (χ0) is 44.0. The third-order valence-electron chi connectivity index (χ3n) is 12.5. The molecule has 5 N–H and O–H groups in total. The maximum absolute atomic E-state index is 13.7. The molecule has 5 aromatic rings. The molecule has 0 aliphatic carbocycles. The Labute approximate surface area is 360 Å². The molecule has 8 rings (SSSR count). The molecule has 0 spiro atoms. The van der Waals surface area contributed by atoms with E-state index in [9.17, 15) is 19.2 Å². The van der Waals surface area contributed by atoms with E-state index in [-0.39, 0.29) is 47.8 Å². The van der Waals surface area contributed by atoms with Gasteiger partial charge in [-0.05, 0) is 67.7 Å². The van der Waals surface area contributed by atoms with Gasteiger partial charge in [-0.1, -0.05) is 53.7 Å². The number of rotatable bonds is 11. The third kappa shape index (κ3) is 7.86. The highest BCUT2D eigenvalue weighted by atomic mass is 16.5. The Balaban J connectivity index is 1.05. The summed E-state index contributed by atoms with van der Waals surface area (Å²) in [4.78, 5) is 75.5. The van der Waals surface area contributed by atoms with Crippen LogP contribution in [0.5, 0.6) is 5.75 Å². The van der Waals surface area contributed by atoms with Crippen LogP contribution in [0.3, 0.4) is 0 Å². The van der Waals surface area contributed by atoms with E-state index in [1.807, 2.05) is 49.8 Å². The Morgan fingerprint density at radius 3 is 1.74 bits per heavy atom. The Hall–Kier alpha value is -6.32. The van der Waals surface area contributed by atoms with Gasteiger partial charge in [0.05, 0.1) is 55.8 Å². The molecule has 0 bridgehead atoms. The maximum Gasteiger partial charge on any atom is 0.407 e. The van der Waals surface area contributed by atoms with E-state index in [0.717, 1.165) is 81.7 Å². The first-order chi connectivity index (χ1) is 29.8. The van der Waals surface area contributed by atoms with Gasteiger partial charge in [-0.25, -0.2) is 19.6 Å². The molecule has 0 radical (unpaired) electrons. The van der Waals surface area contributed by atoms with Crippen LogP contribution >= 0.6 is 0 Å². The molecule has 16 nitrogen and oxygen atoms in total. The number of fused-ring (bicyclic) bond motifs is 5. The number of amides is 4. The van der Waals surface area contributed by atoms with Crippen molar-refractivity contribution >= 4 is 34.9 Å². The summed E-state index contributed by atoms with van der Waals surface area (Å²) in [6.07, 6.45) is 5.31. The van der Waals surface area contributed by atoms with Crippen molar-refractivity contribution in [2.24, 2.45) is 17.8 Å². The van der Waals surface area contributed by atoms with Crippen molar-refractivity contribution in [1.29, 1.82) is 0 Å². The Bertz CT molecular complexity index is 2480. The van der Waals surface area contributed by atoms with E-state index in [0.29, 0.717) is 24.7 Å². The first-order valence-corrected chi connectivity index (χ1v) is 21.6. The predicted molar refractivity (Wildman–Crippen MR) is 233 cm³/mol. The second-order valence-corrected chi connectivity index (χ2v) is 17.6. The van der Waals surface area contributed by atoms with E-state index >= 15 is 0 Å². The summed E-state index contributed by atoms with van der Waals surface area (Å²) in [5.41, 5.74) is 7.58. The van der Waals surface area contributed by atoms with Crippen molar-refractivity contribution in [2.75, 3.05) is 27.3 Å². The van der Waals surface area contributed by atoms with Crippen LogP contribution in [0.15, 0.2) is 48.8 Å². The van der Waals surface area contributed by atoms with Gasteiger partial charge in [-0.2, -0.15) is 0 Å². The molecule has 2 saturated heterocycles. The van der Waals surface area contributed by atoms with Crippen molar-refractivity contribution in [3.05, 3.63) is 66.0 Å². The lowest BCUT2D eigenvalue weighted by Gasteiger charge is -2.30. The Morgan fingerprint density at radius 1 is 0.726 bits per heavy atom. The van der Waals surface area contributed by atoms with Gasteiger partial charge in [0.2, 0.25) is 11.8 Å². The summed E-state index contributed by atoms with van der Waals surface area (Å²) >= 11 is 0. The first-order valence-electron chi connectivity index (χ1n) is 21.6. The van der Waals surface area contributed by atoms with Crippen molar-refractivity contribution in [1.82, 2.24) is 45.4 Å². The number of nitrogens with one attached hydrogen (secondary N) is 5. The molecule has 2 fully saturated rings. The summed E-state index contributed by atoms with van der Waals surface area (Å²) in [6, 6.07) is 10.6. The van der Waals surface area contributed by atoms with Crippen LogP contribution in [0.2, 0.25) is 0 Å². The molecule has 3 aliphatic rings. The molecule has 6 heterocycles. The SMILES string of the molecule is COC(=O)NC(C(=O)N1CCC[C@H]1c1ncc(-c2ccc3c(c2)OC(C(C)C)c2c-3[nH]c3ccc(-c4cnc([C@@H]5CCCN5C(=O)C(NC(=O)OC)C(C)C)[nH]4)cc23)[nH]1)C(C)C. The number of carbonyl (C=O) groups is 4. The van der Waals surface area contributed by atoms with Crippen LogP contribution in [0, 0.1) is 17.8 Å². The number of nitrogens with zero attached hydrogens (tertiary/aromatic N) is 4. The van der Waals surface area contributed by atoms with Crippen LogP contribution in [-0.4, -0.2) is 98.1 Å². The minimum atomic E-state index is -0.710. The number of imidazole rings is 2. The zero-order valence-electron chi connectivity index (χ0n) is 36.6. The molecule has 5 atom stereocenters. The van der Waals surface area contributed by atoms with Gasteiger partial charge in [-0.3, -0.25) is 9.59 Å². The molecular weight excluding hydrogens is 791 g/mol. The number of carbonyl (C=O) groups excluding carboxylic acids is 4. The zero-order valence-corrected chi connectivity index (χ0v) is 36.6. The smallest absolute Gasteiger partial charge is 0.407 e. The number of hydrogen-bond donors (Lipinski definition) is 5. The van der Waals surface area contributed by atoms with Gasteiger partial charge in [0, 0.05) is 46.2 Å². The molecule has 3 unspecified atom stereocenters. The van der Waals surface area contributed by atoms with E-state index < -0.39 is 24.3 Å². The average Bonchev–Trinajstić information content (AvgIpc) is 4.12. The molecule has 4 amide bonds. The predicted octanol–water partition coefficient (Wildman–Crippen LogP) is 7.79. The average molecular weight is 848 g/mol. The number of methoxy groups -OCH3 is 2. The number of aromatic nitrogens is 5. The molecule has 16 heteroatoms. The largest absolute Gasteiger partial charge is 0.485 e. The van der Waals surface area contributed by atoms with E-state index in [4.69, 9.17) is 24.2 Å². The quantitative estimate of drug-likeness (QED) is 0.0880. The lowest BCUT2D eigenvalue weighted by molar-refractivity contribution is -0.136. The van der Waals surface area contributed by atoms with E-state index in [1.54, 1.807) is 6.20 Å². The first kappa shape index (κ1) is 42.4. The fourth-order valence-electron chi connectivity index (χ4n) is 9.24. The molecule has 0 saturated carbocycles. The molecular formula is C46H57N9O7. The number of benzene rings is 2. The number of hydrogen-bond acceptors (Lipinski definition) is 9. The summed E-state index contributed by atoms with van der Waals surface area (Å²) in [5.74, 6) is 1.77. The van der Waals surface area contributed by atoms with Gasteiger partial charge in [0.25, 0.3) is 0 Å². The number of aromatic amines is 3. The Morgan fingerprint density at radius 2 is 1.24 bits per heavy atom. The van der Waals surface area contributed by atoms with Crippen LogP contribution in [0.1, 0.15) is 103 Å². The minimum absolute atomic E-state index is 0.122. The third-order valence-corrected chi connectivity index (χ3v) is 12.5. The monoisotopic (exact) mass is 847 g/mol. The molecule has 3 aliphatic heterocycles. The van der Waals surface area contributed by atoms with Gasteiger partial charge in [0.15, 0.2) is 0 Å². The second-order valence-electron chi connectivity index (χ2n) is 17.6.